The summed E-state index contributed by atoms with van der Waals surface area (Å²) in [5.74, 6) is -0.896. The molecule has 2 rings (SSSR count). The van der Waals surface area contributed by atoms with Crippen molar-refractivity contribution in [1.82, 2.24) is 0 Å². The van der Waals surface area contributed by atoms with E-state index in [1.54, 1.807) is 6.07 Å². The molecule has 108 valence electrons. The van der Waals surface area contributed by atoms with Crippen LogP contribution in [0.1, 0.15) is 15.9 Å². The van der Waals surface area contributed by atoms with E-state index in [0.29, 0.717) is 5.75 Å². The van der Waals surface area contributed by atoms with Gasteiger partial charge in [0.25, 0.3) is 0 Å². The molecule has 2 aromatic carbocycles. The van der Waals surface area contributed by atoms with Crippen LogP contribution in [0.25, 0.3) is 0 Å². The quantitative estimate of drug-likeness (QED) is 0.675. The van der Waals surface area contributed by atoms with Crippen LogP contribution >= 0.6 is 0 Å². The molecule has 0 fully saturated rings. The van der Waals surface area contributed by atoms with Gasteiger partial charge in [0.05, 0.1) is 5.56 Å². The van der Waals surface area contributed by atoms with Gasteiger partial charge in [-0.05, 0) is 36.8 Å². The van der Waals surface area contributed by atoms with Gasteiger partial charge in [-0.3, -0.25) is 0 Å². The van der Waals surface area contributed by atoms with Crippen molar-refractivity contribution in [3.63, 3.8) is 0 Å². The number of esters is 1. The summed E-state index contributed by atoms with van der Waals surface area (Å²) in [5, 5.41) is 8.86. The average molecular weight is 286 g/mol. The number of aryl methyl sites for hydroxylation is 1. The van der Waals surface area contributed by atoms with E-state index < -0.39 is 11.9 Å². The summed E-state index contributed by atoms with van der Waals surface area (Å²) in [6, 6.07) is 13.0. The second-order valence-electron chi connectivity index (χ2n) is 4.36. The maximum atomic E-state index is 11.7. The van der Waals surface area contributed by atoms with E-state index in [0.717, 1.165) is 5.56 Å². The van der Waals surface area contributed by atoms with Crippen LogP contribution in [0.4, 0.5) is 0 Å². The van der Waals surface area contributed by atoms with Crippen molar-refractivity contribution < 1.29 is 24.2 Å². The minimum Gasteiger partial charge on any atom is -0.482 e. The average Bonchev–Trinajstić information content (AvgIpc) is 2.46. The molecule has 0 atom stereocenters. The number of aromatic carboxylic acids is 1. The van der Waals surface area contributed by atoms with Gasteiger partial charge in [0.1, 0.15) is 11.5 Å². The molecule has 0 aliphatic rings. The Kier molecular flexibility index (Phi) is 4.56. The Balaban J connectivity index is 1.95. The second kappa shape index (κ2) is 6.56. The Morgan fingerprint density at radius 1 is 1.10 bits per heavy atom. The van der Waals surface area contributed by atoms with Crippen LogP contribution in [-0.2, 0) is 4.79 Å². The molecule has 0 saturated heterocycles. The molecular weight excluding hydrogens is 272 g/mol. The molecule has 0 spiro atoms. The minimum atomic E-state index is -1.08. The zero-order valence-electron chi connectivity index (χ0n) is 11.4. The number of carbonyl (C=O) groups is 2. The molecule has 0 bridgehead atoms. The molecule has 5 nitrogen and oxygen atoms in total. The van der Waals surface area contributed by atoms with E-state index in [2.05, 4.69) is 0 Å². The maximum Gasteiger partial charge on any atom is 0.349 e. The van der Waals surface area contributed by atoms with Crippen molar-refractivity contribution in [3.8, 4) is 11.5 Å². The number of rotatable bonds is 5. The summed E-state index contributed by atoms with van der Waals surface area (Å²) in [6.07, 6.45) is 0. The van der Waals surface area contributed by atoms with Crippen LogP contribution in [0.5, 0.6) is 11.5 Å². The fourth-order valence-corrected chi connectivity index (χ4v) is 1.71. The molecule has 0 radical (unpaired) electrons. The first-order valence-electron chi connectivity index (χ1n) is 6.29. The third-order valence-corrected chi connectivity index (χ3v) is 2.75. The Bertz CT molecular complexity index is 663. The Morgan fingerprint density at radius 3 is 2.57 bits per heavy atom. The van der Waals surface area contributed by atoms with Crippen molar-refractivity contribution in [2.75, 3.05) is 6.61 Å². The molecule has 0 heterocycles. The van der Waals surface area contributed by atoms with Crippen LogP contribution in [0.3, 0.4) is 0 Å². The summed E-state index contributed by atoms with van der Waals surface area (Å²) in [7, 11) is 0. The lowest BCUT2D eigenvalue weighted by Gasteiger charge is -2.09. The molecule has 5 heteroatoms. The van der Waals surface area contributed by atoms with Gasteiger partial charge in [-0.2, -0.15) is 0 Å². The van der Waals surface area contributed by atoms with E-state index in [1.807, 2.05) is 25.1 Å². The van der Waals surface area contributed by atoms with Gasteiger partial charge >= 0.3 is 11.9 Å². The standard InChI is InChI=1S/C16H14O5/c1-11-5-2-3-8-14(11)20-10-15(17)21-13-7-4-6-12(9-13)16(18)19/h2-9H,10H2,1H3,(H,18,19). The van der Waals surface area contributed by atoms with Crippen molar-refractivity contribution >= 4 is 11.9 Å². The normalized spacial score (nSPS) is 9.95. The summed E-state index contributed by atoms with van der Waals surface area (Å²) in [5.41, 5.74) is 0.971. The van der Waals surface area contributed by atoms with Gasteiger partial charge in [-0.25, -0.2) is 9.59 Å². The van der Waals surface area contributed by atoms with E-state index in [9.17, 15) is 9.59 Å². The molecule has 21 heavy (non-hydrogen) atoms. The van der Waals surface area contributed by atoms with E-state index in [-0.39, 0.29) is 17.9 Å². The number of benzene rings is 2. The predicted molar refractivity (Wildman–Crippen MR) is 75.7 cm³/mol. The van der Waals surface area contributed by atoms with Crippen LogP contribution in [0, 0.1) is 6.92 Å². The molecule has 2 aromatic rings. The van der Waals surface area contributed by atoms with Crippen LogP contribution < -0.4 is 9.47 Å². The smallest absolute Gasteiger partial charge is 0.349 e. The number of carboxylic acids is 1. The fraction of sp³-hybridized carbons (Fsp3) is 0.125. The summed E-state index contributed by atoms with van der Waals surface area (Å²) >= 11 is 0. The maximum absolute atomic E-state index is 11.7. The zero-order valence-corrected chi connectivity index (χ0v) is 11.4. The first-order valence-corrected chi connectivity index (χ1v) is 6.29. The zero-order chi connectivity index (χ0) is 15.2. The third-order valence-electron chi connectivity index (χ3n) is 2.75. The van der Waals surface area contributed by atoms with Crippen LogP contribution in [0.15, 0.2) is 48.5 Å². The molecule has 0 aliphatic carbocycles. The molecule has 0 aliphatic heterocycles. The van der Waals surface area contributed by atoms with Crippen molar-refractivity contribution in [2.24, 2.45) is 0 Å². The first kappa shape index (κ1) is 14.6. The summed E-state index contributed by atoms with van der Waals surface area (Å²) in [6.45, 7) is 1.62. The van der Waals surface area contributed by atoms with Crippen LogP contribution in [-0.4, -0.2) is 23.7 Å². The SMILES string of the molecule is Cc1ccccc1OCC(=O)Oc1cccc(C(=O)O)c1. The number of hydrogen-bond acceptors (Lipinski definition) is 4. The molecule has 0 saturated carbocycles. The van der Waals surface area contributed by atoms with E-state index in [1.165, 1.54) is 24.3 Å². The third kappa shape index (κ3) is 4.07. The Labute approximate surface area is 121 Å². The van der Waals surface area contributed by atoms with Gasteiger partial charge < -0.3 is 14.6 Å². The highest BCUT2D eigenvalue weighted by Gasteiger charge is 2.09. The lowest BCUT2D eigenvalue weighted by molar-refractivity contribution is -0.136. The summed E-state index contributed by atoms with van der Waals surface area (Å²) in [4.78, 5) is 22.5. The van der Waals surface area contributed by atoms with Gasteiger partial charge in [-0.1, -0.05) is 24.3 Å². The second-order valence-corrected chi connectivity index (χ2v) is 4.36. The highest BCUT2D eigenvalue weighted by molar-refractivity contribution is 5.88. The van der Waals surface area contributed by atoms with E-state index in [4.69, 9.17) is 14.6 Å². The lowest BCUT2D eigenvalue weighted by atomic mass is 10.2. The number of para-hydroxylation sites is 1. The molecule has 0 unspecified atom stereocenters. The lowest BCUT2D eigenvalue weighted by Crippen LogP contribution is -2.18. The summed E-state index contributed by atoms with van der Waals surface area (Å²) < 4.78 is 10.4. The number of ether oxygens (including phenoxy) is 2. The molecule has 0 aromatic heterocycles. The molecule has 0 amide bonds. The monoisotopic (exact) mass is 286 g/mol. The topological polar surface area (TPSA) is 72.8 Å². The van der Waals surface area contributed by atoms with Gasteiger partial charge in [-0.15, -0.1) is 0 Å². The van der Waals surface area contributed by atoms with Gasteiger partial charge in [0, 0.05) is 0 Å². The highest BCUT2D eigenvalue weighted by atomic mass is 16.6. The number of carbonyl (C=O) groups excluding carboxylic acids is 1. The molecular formula is C16H14O5. The first-order chi connectivity index (χ1) is 10.1. The van der Waals surface area contributed by atoms with Gasteiger partial charge in [0.2, 0.25) is 0 Å². The fourth-order valence-electron chi connectivity index (χ4n) is 1.71. The van der Waals surface area contributed by atoms with E-state index >= 15 is 0 Å². The van der Waals surface area contributed by atoms with Crippen molar-refractivity contribution in [2.45, 2.75) is 6.92 Å². The molecule has 1 N–H and O–H groups in total. The Hall–Kier alpha value is -2.82. The number of carboxylic acid groups (broad SMARTS) is 1. The minimum absolute atomic E-state index is 0.0557. The number of hydrogen-bond donors (Lipinski definition) is 1. The van der Waals surface area contributed by atoms with Crippen molar-refractivity contribution in [1.29, 1.82) is 0 Å². The van der Waals surface area contributed by atoms with Crippen molar-refractivity contribution in [3.05, 3.63) is 59.7 Å². The van der Waals surface area contributed by atoms with Gasteiger partial charge in [0.15, 0.2) is 6.61 Å². The highest BCUT2D eigenvalue weighted by Crippen LogP contribution is 2.17. The van der Waals surface area contributed by atoms with Crippen LogP contribution in [0.2, 0.25) is 0 Å². The predicted octanol–water partition coefficient (Wildman–Crippen LogP) is 2.68. The Morgan fingerprint density at radius 2 is 1.86 bits per heavy atom. The largest absolute Gasteiger partial charge is 0.482 e.